The number of carbonyl (C=O) groups is 5. The summed E-state index contributed by atoms with van der Waals surface area (Å²) in [6, 6.07) is 3.58. The summed E-state index contributed by atoms with van der Waals surface area (Å²) in [5.74, 6) is -3.99. The molecule has 12 nitrogen and oxygen atoms in total. The molecule has 0 aliphatic rings. The van der Waals surface area contributed by atoms with Crippen LogP contribution < -0.4 is 21.3 Å². The van der Waals surface area contributed by atoms with E-state index in [0.717, 1.165) is 42.1 Å². The van der Waals surface area contributed by atoms with Crippen LogP contribution in [-0.2, 0) is 30.4 Å². The van der Waals surface area contributed by atoms with Crippen molar-refractivity contribution in [3.8, 4) is 0 Å². The number of amides is 4. The van der Waals surface area contributed by atoms with Crippen molar-refractivity contribution in [2.45, 2.75) is 89.3 Å². The van der Waals surface area contributed by atoms with Crippen molar-refractivity contribution in [3.05, 3.63) is 36.0 Å². The Morgan fingerprint density at radius 3 is 2.12 bits per heavy atom. The maximum atomic E-state index is 13.3. The molecular formula is C29H43N5O7. The molecule has 0 saturated heterocycles. The molecule has 12 heteroatoms. The van der Waals surface area contributed by atoms with Gasteiger partial charge < -0.3 is 36.5 Å². The molecule has 0 fully saturated rings. The van der Waals surface area contributed by atoms with Gasteiger partial charge in [0.25, 0.3) is 0 Å². The van der Waals surface area contributed by atoms with Gasteiger partial charge in [-0.3, -0.25) is 24.0 Å². The van der Waals surface area contributed by atoms with Crippen LogP contribution in [0.3, 0.4) is 0 Å². The standard InChI is InChI=1S/C29H43N5O7/c1-3-4-5-6-7-8-9-14-25(36)32-22(15-19-17-31-21-13-11-10-12-20(19)21)28(40)34-24(18-35)29(41)33-23(16-26(37)38)27(39)30-2/h10-13,17,22-24,31,35H,3-9,14-16,18H2,1-2H3,(H,30,39)(H,32,36)(H,33,41)(H,34,40)(H,37,38). The molecule has 0 saturated carbocycles. The van der Waals surface area contributed by atoms with Crippen LogP contribution in [0.5, 0.6) is 0 Å². The molecule has 2 aromatic rings. The molecule has 7 N–H and O–H groups in total. The Balaban J connectivity index is 2.10. The van der Waals surface area contributed by atoms with Crippen LogP contribution in [-0.4, -0.2) is 76.6 Å². The highest BCUT2D eigenvalue weighted by Crippen LogP contribution is 2.19. The molecule has 2 rings (SSSR count). The SMILES string of the molecule is CCCCCCCCCC(=O)NC(Cc1c[nH]c2ccccc12)C(=O)NC(CO)C(=O)NC(CC(=O)O)C(=O)NC. The van der Waals surface area contributed by atoms with E-state index in [9.17, 15) is 29.1 Å². The summed E-state index contributed by atoms with van der Waals surface area (Å²) in [4.78, 5) is 65.2. The average molecular weight is 574 g/mol. The molecule has 3 unspecified atom stereocenters. The number of carboxylic acids is 1. The summed E-state index contributed by atoms with van der Waals surface area (Å²) < 4.78 is 0. The van der Waals surface area contributed by atoms with Gasteiger partial charge in [0.15, 0.2) is 0 Å². The number of H-pyrrole nitrogens is 1. The summed E-state index contributed by atoms with van der Waals surface area (Å²) in [6.45, 7) is 1.35. The third kappa shape index (κ3) is 11.2. The first kappa shape index (κ1) is 33.3. The number of likely N-dealkylation sites (N-methyl/N-ethyl adjacent to an activating group) is 1. The zero-order valence-electron chi connectivity index (χ0n) is 23.8. The number of fused-ring (bicyclic) bond motifs is 1. The van der Waals surface area contributed by atoms with Crippen LogP contribution in [0.25, 0.3) is 10.9 Å². The highest BCUT2D eigenvalue weighted by atomic mass is 16.4. The van der Waals surface area contributed by atoms with Crippen molar-refractivity contribution in [1.29, 1.82) is 0 Å². The number of aromatic nitrogens is 1. The average Bonchev–Trinajstić information content (AvgIpc) is 3.36. The quantitative estimate of drug-likeness (QED) is 0.124. The zero-order valence-corrected chi connectivity index (χ0v) is 23.8. The van der Waals surface area contributed by atoms with Crippen molar-refractivity contribution in [2.75, 3.05) is 13.7 Å². The number of para-hydroxylation sites is 1. The third-order valence-corrected chi connectivity index (χ3v) is 6.83. The predicted molar refractivity (Wildman–Crippen MR) is 154 cm³/mol. The van der Waals surface area contributed by atoms with Gasteiger partial charge in [-0.15, -0.1) is 0 Å². The first-order valence-electron chi connectivity index (χ1n) is 14.2. The number of aliphatic hydroxyl groups excluding tert-OH is 1. The Hall–Kier alpha value is -3.93. The number of hydrogen-bond acceptors (Lipinski definition) is 6. The topological polar surface area (TPSA) is 190 Å². The number of unbranched alkanes of at least 4 members (excludes halogenated alkanes) is 6. The minimum atomic E-state index is -1.48. The fourth-order valence-corrected chi connectivity index (χ4v) is 4.54. The van der Waals surface area contributed by atoms with E-state index in [1.54, 1.807) is 6.20 Å². The first-order valence-corrected chi connectivity index (χ1v) is 14.2. The van der Waals surface area contributed by atoms with Crippen LogP contribution >= 0.6 is 0 Å². The largest absolute Gasteiger partial charge is 0.481 e. The Labute approximate surface area is 240 Å². The fraction of sp³-hybridized carbons (Fsp3) is 0.552. The van der Waals surface area contributed by atoms with E-state index >= 15 is 0 Å². The molecule has 4 amide bonds. The van der Waals surface area contributed by atoms with Crippen molar-refractivity contribution in [1.82, 2.24) is 26.3 Å². The van der Waals surface area contributed by atoms with Gasteiger partial charge in [-0.1, -0.05) is 63.6 Å². The molecule has 0 aliphatic carbocycles. The lowest BCUT2D eigenvalue weighted by atomic mass is 10.0. The van der Waals surface area contributed by atoms with E-state index in [0.29, 0.717) is 6.42 Å². The van der Waals surface area contributed by atoms with Gasteiger partial charge in [0.05, 0.1) is 13.0 Å². The zero-order chi connectivity index (χ0) is 30.2. The number of carboxylic acid groups (broad SMARTS) is 1. The lowest BCUT2D eigenvalue weighted by Crippen LogP contribution is -2.58. The van der Waals surface area contributed by atoms with Crippen molar-refractivity contribution in [3.63, 3.8) is 0 Å². The summed E-state index contributed by atoms with van der Waals surface area (Å²) in [6.07, 6.45) is 8.74. The Kier molecular flexibility index (Phi) is 14.4. The number of rotatable bonds is 19. The Morgan fingerprint density at radius 2 is 1.46 bits per heavy atom. The van der Waals surface area contributed by atoms with Gasteiger partial charge in [0.1, 0.15) is 18.1 Å². The molecule has 226 valence electrons. The second-order valence-corrected chi connectivity index (χ2v) is 10.1. The number of hydrogen-bond donors (Lipinski definition) is 7. The van der Waals surface area contributed by atoms with Crippen LogP contribution in [0.1, 0.15) is 70.3 Å². The minimum Gasteiger partial charge on any atom is -0.481 e. The monoisotopic (exact) mass is 573 g/mol. The van der Waals surface area contributed by atoms with E-state index in [2.05, 4.69) is 33.2 Å². The molecule has 3 atom stereocenters. The van der Waals surface area contributed by atoms with Crippen molar-refractivity contribution >= 4 is 40.5 Å². The van der Waals surface area contributed by atoms with Crippen LogP contribution in [0.4, 0.5) is 0 Å². The van der Waals surface area contributed by atoms with E-state index < -0.39 is 54.8 Å². The van der Waals surface area contributed by atoms with E-state index in [1.807, 2.05) is 24.3 Å². The predicted octanol–water partition coefficient (Wildman–Crippen LogP) is 1.52. The lowest BCUT2D eigenvalue weighted by Gasteiger charge is -2.24. The van der Waals surface area contributed by atoms with Crippen LogP contribution in [0.15, 0.2) is 30.5 Å². The summed E-state index contributed by atoms with van der Waals surface area (Å²) in [5.41, 5.74) is 1.64. The van der Waals surface area contributed by atoms with Crippen molar-refractivity contribution in [2.24, 2.45) is 0 Å². The maximum absolute atomic E-state index is 13.3. The maximum Gasteiger partial charge on any atom is 0.305 e. The first-order chi connectivity index (χ1) is 19.7. The van der Waals surface area contributed by atoms with Gasteiger partial charge >= 0.3 is 5.97 Å². The Morgan fingerprint density at radius 1 is 0.829 bits per heavy atom. The molecule has 0 spiro atoms. The molecule has 41 heavy (non-hydrogen) atoms. The van der Waals surface area contributed by atoms with Gasteiger partial charge in [-0.2, -0.15) is 0 Å². The third-order valence-electron chi connectivity index (χ3n) is 6.83. The molecule has 1 aromatic heterocycles. The molecular weight excluding hydrogens is 530 g/mol. The molecule has 1 heterocycles. The number of aliphatic hydroxyl groups is 1. The molecule has 1 aromatic carbocycles. The van der Waals surface area contributed by atoms with Gasteiger partial charge in [-0.05, 0) is 18.1 Å². The lowest BCUT2D eigenvalue weighted by molar-refractivity contribution is -0.141. The van der Waals surface area contributed by atoms with E-state index in [4.69, 9.17) is 5.11 Å². The second kappa shape index (κ2) is 17.7. The second-order valence-electron chi connectivity index (χ2n) is 10.1. The summed E-state index contributed by atoms with van der Waals surface area (Å²) >= 11 is 0. The molecule has 0 aliphatic heterocycles. The summed E-state index contributed by atoms with van der Waals surface area (Å²) in [5, 5.41) is 29.5. The Bertz CT molecular complexity index is 1170. The van der Waals surface area contributed by atoms with E-state index in [1.165, 1.54) is 19.9 Å². The van der Waals surface area contributed by atoms with Gasteiger partial charge in [0, 0.05) is 37.0 Å². The smallest absolute Gasteiger partial charge is 0.305 e. The van der Waals surface area contributed by atoms with Crippen LogP contribution in [0.2, 0.25) is 0 Å². The molecule has 0 radical (unpaired) electrons. The fourth-order valence-electron chi connectivity index (χ4n) is 4.54. The normalized spacial score (nSPS) is 13.1. The highest BCUT2D eigenvalue weighted by Gasteiger charge is 2.30. The summed E-state index contributed by atoms with van der Waals surface area (Å²) in [7, 11) is 1.29. The van der Waals surface area contributed by atoms with Gasteiger partial charge in [0.2, 0.25) is 23.6 Å². The number of nitrogens with one attached hydrogen (secondary N) is 5. The number of aliphatic carboxylic acids is 1. The number of carbonyl (C=O) groups excluding carboxylic acids is 4. The molecule has 0 bridgehead atoms. The van der Waals surface area contributed by atoms with Crippen LogP contribution in [0, 0.1) is 0 Å². The van der Waals surface area contributed by atoms with Crippen molar-refractivity contribution < 1.29 is 34.2 Å². The number of benzene rings is 1. The number of aromatic amines is 1. The minimum absolute atomic E-state index is 0.123. The van der Waals surface area contributed by atoms with Gasteiger partial charge in [-0.25, -0.2) is 0 Å². The van der Waals surface area contributed by atoms with E-state index in [-0.39, 0.29) is 18.7 Å². The highest BCUT2D eigenvalue weighted by molar-refractivity contribution is 5.95.